The molecule has 3 aromatic rings. The fourth-order valence-electron chi connectivity index (χ4n) is 3.56. The van der Waals surface area contributed by atoms with E-state index >= 15 is 0 Å². The van der Waals surface area contributed by atoms with E-state index in [2.05, 4.69) is 0 Å². The highest BCUT2D eigenvalue weighted by molar-refractivity contribution is 5.91. The maximum Gasteiger partial charge on any atom is 0.339 e. The average Bonchev–Trinajstić information content (AvgIpc) is 2.86. The third-order valence-electron chi connectivity index (χ3n) is 5.44. The topological polar surface area (TPSA) is 85.3 Å². The number of para-hydroxylation sites is 1. The number of carbonyl (C=O) groups excluding carboxylic acids is 1. The molecule has 0 aliphatic carbocycles. The number of hydrogen-bond acceptors (Lipinski definition) is 5. The monoisotopic (exact) mass is 467 g/mol. The molecule has 3 aromatic carbocycles. The van der Waals surface area contributed by atoms with Crippen molar-refractivity contribution >= 4 is 11.9 Å². The molecule has 0 aromatic heterocycles. The van der Waals surface area contributed by atoms with Crippen molar-refractivity contribution in [2.75, 3.05) is 20.8 Å². The Hall–Kier alpha value is -4.07. The summed E-state index contributed by atoms with van der Waals surface area (Å²) in [4.78, 5) is 26.3. The highest BCUT2D eigenvalue weighted by atomic mass is 19.1. The molecule has 7 nitrogen and oxygen atoms in total. The predicted molar refractivity (Wildman–Crippen MR) is 124 cm³/mol. The first kappa shape index (κ1) is 24.6. The summed E-state index contributed by atoms with van der Waals surface area (Å²) in [6.07, 6.45) is 0. The first-order valence-corrected chi connectivity index (χ1v) is 10.6. The molecule has 0 saturated heterocycles. The van der Waals surface area contributed by atoms with Crippen LogP contribution in [-0.2, 0) is 11.3 Å². The minimum atomic E-state index is -1.35. The van der Waals surface area contributed by atoms with Gasteiger partial charge < -0.3 is 24.2 Å². The summed E-state index contributed by atoms with van der Waals surface area (Å²) in [5.41, 5.74) is 1.27. The van der Waals surface area contributed by atoms with E-state index in [-0.39, 0.29) is 18.2 Å². The van der Waals surface area contributed by atoms with E-state index in [0.29, 0.717) is 11.5 Å². The summed E-state index contributed by atoms with van der Waals surface area (Å²) in [6.45, 7) is 1.50. The lowest BCUT2D eigenvalue weighted by Crippen LogP contribution is -2.37. The molecule has 1 N–H and O–H groups in total. The smallest absolute Gasteiger partial charge is 0.339 e. The molecule has 1 atom stereocenters. The molecule has 8 heteroatoms. The predicted octanol–water partition coefficient (Wildman–Crippen LogP) is 4.71. The van der Waals surface area contributed by atoms with Crippen LogP contribution in [0.25, 0.3) is 0 Å². The van der Waals surface area contributed by atoms with Gasteiger partial charge in [0.2, 0.25) is 0 Å². The van der Waals surface area contributed by atoms with Crippen LogP contribution in [-0.4, -0.2) is 42.7 Å². The van der Waals surface area contributed by atoms with Crippen LogP contribution in [0, 0.1) is 5.82 Å². The Balaban J connectivity index is 1.90. The van der Waals surface area contributed by atoms with Crippen molar-refractivity contribution in [3.63, 3.8) is 0 Å². The fourth-order valence-corrected chi connectivity index (χ4v) is 3.56. The van der Waals surface area contributed by atoms with Gasteiger partial charge in [-0.2, -0.15) is 0 Å². The van der Waals surface area contributed by atoms with E-state index in [9.17, 15) is 19.1 Å². The standard InChI is InChI=1S/C26H26FNO6/c1-17(18-8-5-4-6-9-18)28(15-19-12-13-20(32-2)14-23(19)33-3)24(29)16-34-25-21(26(30)31)10-7-11-22(25)27/h4-14,17H,15-16H2,1-3H3,(H,30,31)/t17-/m0/s1. The van der Waals surface area contributed by atoms with Gasteiger partial charge in [-0.25, -0.2) is 9.18 Å². The van der Waals surface area contributed by atoms with Crippen LogP contribution >= 0.6 is 0 Å². The van der Waals surface area contributed by atoms with Gasteiger partial charge >= 0.3 is 5.97 Å². The van der Waals surface area contributed by atoms with Crippen molar-refractivity contribution in [3.8, 4) is 17.2 Å². The lowest BCUT2D eigenvalue weighted by atomic mass is 10.1. The van der Waals surface area contributed by atoms with Gasteiger partial charge in [0, 0.05) is 11.6 Å². The Morgan fingerprint density at radius 3 is 2.38 bits per heavy atom. The Morgan fingerprint density at radius 2 is 1.74 bits per heavy atom. The lowest BCUT2D eigenvalue weighted by molar-refractivity contribution is -0.136. The highest BCUT2D eigenvalue weighted by Gasteiger charge is 2.25. The summed E-state index contributed by atoms with van der Waals surface area (Å²) in [5.74, 6) is -1.97. The zero-order chi connectivity index (χ0) is 24.7. The van der Waals surface area contributed by atoms with E-state index < -0.39 is 30.1 Å². The lowest BCUT2D eigenvalue weighted by Gasteiger charge is -2.30. The first-order chi connectivity index (χ1) is 16.3. The molecule has 0 spiro atoms. The fraction of sp³-hybridized carbons (Fsp3) is 0.231. The number of carboxylic acids is 1. The summed E-state index contributed by atoms with van der Waals surface area (Å²) in [6, 6.07) is 17.9. The Morgan fingerprint density at radius 1 is 1.00 bits per heavy atom. The van der Waals surface area contributed by atoms with Crippen molar-refractivity contribution in [1.82, 2.24) is 4.90 Å². The van der Waals surface area contributed by atoms with Crippen LogP contribution < -0.4 is 14.2 Å². The number of halogens is 1. The largest absolute Gasteiger partial charge is 0.497 e. The number of nitrogens with zero attached hydrogens (tertiary/aromatic N) is 1. The molecule has 0 heterocycles. The van der Waals surface area contributed by atoms with Gasteiger partial charge in [0.25, 0.3) is 5.91 Å². The quantitative estimate of drug-likeness (QED) is 0.465. The van der Waals surface area contributed by atoms with Gasteiger partial charge in [-0.05, 0) is 36.8 Å². The molecule has 0 radical (unpaired) electrons. The molecule has 0 aliphatic rings. The van der Waals surface area contributed by atoms with Crippen LogP contribution in [0.1, 0.15) is 34.5 Å². The van der Waals surface area contributed by atoms with E-state index in [4.69, 9.17) is 14.2 Å². The van der Waals surface area contributed by atoms with Gasteiger partial charge in [0.15, 0.2) is 18.2 Å². The van der Waals surface area contributed by atoms with Crippen LogP contribution in [0.4, 0.5) is 4.39 Å². The Bertz CT molecular complexity index is 1150. The van der Waals surface area contributed by atoms with Crippen molar-refractivity contribution in [2.45, 2.75) is 19.5 Å². The normalized spacial score (nSPS) is 11.4. The molecule has 34 heavy (non-hydrogen) atoms. The van der Waals surface area contributed by atoms with Gasteiger partial charge in [-0.3, -0.25) is 4.79 Å². The summed E-state index contributed by atoms with van der Waals surface area (Å²) < 4.78 is 30.4. The second kappa shape index (κ2) is 11.2. The number of carbonyl (C=O) groups is 2. The first-order valence-electron chi connectivity index (χ1n) is 10.6. The SMILES string of the molecule is COc1ccc(CN(C(=O)COc2c(F)cccc2C(=O)O)[C@@H](C)c2ccccc2)c(OC)c1. The Kier molecular flexibility index (Phi) is 8.08. The zero-order valence-corrected chi connectivity index (χ0v) is 19.2. The third-order valence-corrected chi connectivity index (χ3v) is 5.44. The summed E-state index contributed by atoms with van der Waals surface area (Å²) in [5, 5.41) is 9.33. The third kappa shape index (κ3) is 5.64. The maximum atomic E-state index is 14.3. The van der Waals surface area contributed by atoms with E-state index in [0.717, 1.165) is 17.2 Å². The highest BCUT2D eigenvalue weighted by Crippen LogP contribution is 2.30. The number of ether oxygens (including phenoxy) is 3. The average molecular weight is 467 g/mol. The minimum absolute atomic E-state index is 0.175. The number of hydrogen-bond donors (Lipinski definition) is 1. The molecule has 0 unspecified atom stereocenters. The molecule has 0 aliphatic heterocycles. The van der Waals surface area contributed by atoms with E-state index in [1.54, 1.807) is 30.2 Å². The second-order valence-electron chi connectivity index (χ2n) is 7.50. The van der Waals surface area contributed by atoms with Crippen LogP contribution in [0.5, 0.6) is 17.2 Å². The Labute approximate surface area is 197 Å². The number of methoxy groups -OCH3 is 2. The van der Waals surface area contributed by atoms with Crippen LogP contribution in [0.3, 0.4) is 0 Å². The number of carboxylic acid groups (broad SMARTS) is 1. The molecule has 178 valence electrons. The van der Waals surface area contributed by atoms with Gasteiger partial charge in [-0.15, -0.1) is 0 Å². The van der Waals surface area contributed by atoms with Gasteiger partial charge in [0.1, 0.15) is 17.1 Å². The molecule has 0 fully saturated rings. The second-order valence-corrected chi connectivity index (χ2v) is 7.50. The summed E-state index contributed by atoms with van der Waals surface area (Å²) >= 11 is 0. The molecule has 3 rings (SSSR count). The van der Waals surface area contributed by atoms with Crippen LogP contribution in [0.15, 0.2) is 66.7 Å². The van der Waals surface area contributed by atoms with Crippen LogP contribution in [0.2, 0.25) is 0 Å². The van der Waals surface area contributed by atoms with Crippen molar-refractivity contribution < 1.29 is 33.3 Å². The molecular formula is C26H26FNO6. The molecule has 0 saturated carbocycles. The number of rotatable bonds is 10. The maximum absolute atomic E-state index is 14.3. The molecular weight excluding hydrogens is 441 g/mol. The molecule has 0 bridgehead atoms. The van der Waals surface area contributed by atoms with E-state index in [1.165, 1.54) is 19.2 Å². The number of benzene rings is 3. The molecule has 1 amide bonds. The zero-order valence-electron chi connectivity index (χ0n) is 19.2. The minimum Gasteiger partial charge on any atom is -0.497 e. The summed E-state index contributed by atoms with van der Waals surface area (Å²) in [7, 11) is 3.08. The van der Waals surface area contributed by atoms with Crippen molar-refractivity contribution in [2.24, 2.45) is 0 Å². The number of amides is 1. The van der Waals surface area contributed by atoms with E-state index in [1.807, 2.05) is 37.3 Å². The number of aromatic carboxylic acids is 1. The van der Waals surface area contributed by atoms with Gasteiger partial charge in [0.05, 0.1) is 26.8 Å². The van der Waals surface area contributed by atoms with Crippen molar-refractivity contribution in [3.05, 3.63) is 89.2 Å². The van der Waals surface area contributed by atoms with Gasteiger partial charge in [-0.1, -0.05) is 36.4 Å². The van der Waals surface area contributed by atoms with Crippen molar-refractivity contribution in [1.29, 1.82) is 0 Å².